The predicted molar refractivity (Wildman–Crippen MR) is 90.1 cm³/mol. The summed E-state index contributed by atoms with van der Waals surface area (Å²) in [6, 6.07) is 3.01. The first-order chi connectivity index (χ1) is 12.8. The third-order valence-corrected chi connectivity index (χ3v) is 6.48. The van der Waals surface area contributed by atoms with Crippen LogP contribution in [0.3, 0.4) is 0 Å². The molecule has 1 aliphatic heterocycles. The smallest absolute Gasteiger partial charge is 0.273 e. The number of hydrogen-bond donors (Lipinski definition) is 1. The van der Waals surface area contributed by atoms with Crippen molar-refractivity contribution in [3.8, 4) is 0 Å². The van der Waals surface area contributed by atoms with Crippen LogP contribution in [0.5, 0.6) is 0 Å². The molecule has 0 unspecified atom stereocenters. The van der Waals surface area contributed by atoms with Crippen molar-refractivity contribution in [1.82, 2.24) is 5.43 Å². The van der Waals surface area contributed by atoms with Gasteiger partial charge in [-0.05, 0) is 36.2 Å². The number of allylic oxidation sites excluding steroid dienone is 2. The van der Waals surface area contributed by atoms with Gasteiger partial charge in [-0.25, -0.2) is 5.01 Å². The second-order valence-electron chi connectivity index (χ2n) is 7.56. The Morgan fingerprint density at radius 1 is 1.04 bits per heavy atom. The molecule has 1 saturated heterocycles. The van der Waals surface area contributed by atoms with Gasteiger partial charge in [-0.2, -0.15) is 0 Å². The van der Waals surface area contributed by atoms with Crippen molar-refractivity contribution in [3.63, 3.8) is 0 Å². The normalized spacial score (nSPS) is 31.8. The topological polar surface area (TPSA) is 136 Å². The van der Waals surface area contributed by atoms with Crippen molar-refractivity contribution in [2.24, 2.45) is 29.1 Å². The quantitative estimate of drug-likeness (QED) is 0.489. The van der Waals surface area contributed by atoms with Crippen LogP contribution in [-0.4, -0.2) is 21.7 Å². The first kappa shape index (κ1) is 15.9. The monoisotopic (exact) mass is 370 g/mol. The molecule has 5 rings (SSSR count). The molecule has 3 aliphatic carbocycles. The summed E-state index contributed by atoms with van der Waals surface area (Å²) in [6.45, 7) is 0. The van der Waals surface area contributed by atoms with Crippen molar-refractivity contribution in [3.05, 3.63) is 50.6 Å². The van der Waals surface area contributed by atoms with Gasteiger partial charge in [0, 0.05) is 6.07 Å². The molecule has 1 heterocycles. The average Bonchev–Trinajstić information content (AvgIpc) is 3.30. The zero-order chi connectivity index (χ0) is 19.1. The van der Waals surface area contributed by atoms with E-state index in [9.17, 15) is 29.8 Å². The van der Waals surface area contributed by atoms with Crippen LogP contribution in [0.15, 0.2) is 30.4 Å². The minimum absolute atomic E-state index is 0.0141. The number of amides is 2. The molecule has 138 valence electrons. The molecule has 0 aromatic heterocycles. The summed E-state index contributed by atoms with van der Waals surface area (Å²) in [6.07, 6.45) is 5.97. The number of nitrogens with one attached hydrogen (secondary N) is 1. The molecular formula is C17H14N4O6. The number of anilines is 1. The van der Waals surface area contributed by atoms with E-state index in [1.54, 1.807) is 0 Å². The van der Waals surface area contributed by atoms with Crippen LogP contribution in [0, 0.1) is 49.3 Å². The van der Waals surface area contributed by atoms with E-state index >= 15 is 0 Å². The highest BCUT2D eigenvalue weighted by molar-refractivity contribution is 6.06. The number of nitro benzene ring substituents is 2. The molecule has 2 amide bonds. The molecule has 2 bridgehead atoms. The minimum atomic E-state index is -0.795. The van der Waals surface area contributed by atoms with Crippen molar-refractivity contribution in [2.75, 3.05) is 5.01 Å². The van der Waals surface area contributed by atoms with Crippen LogP contribution in [0.4, 0.5) is 17.1 Å². The van der Waals surface area contributed by atoms with Gasteiger partial charge in [0.15, 0.2) is 0 Å². The first-order valence-electron chi connectivity index (χ1n) is 8.61. The van der Waals surface area contributed by atoms with Gasteiger partial charge in [0.2, 0.25) is 5.91 Å². The van der Waals surface area contributed by atoms with Crippen molar-refractivity contribution < 1.29 is 19.4 Å². The van der Waals surface area contributed by atoms with Crippen LogP contribution < -0.4 is 10.4 Å². The number of hydrazine groups is 1. The van der Waals surface area contributed by atoms with Crippen molar-refractivity contribution in [2.45, 2.75) is 12.8 Å². The van der Waals surface area contributed by atoms with E-state index in [0.717, 1.165) is 36.0 Å². The summed E-state index contributed by atoms with van der Waals surface area (Å²) < 4.78 is 0. The number of benzene rings is 1. The Balaban J connectivity index is 1.57. The van der Waals surface area contributed by atoms with Gasteiger partial charge in [0.05, 0.1) is 27.7 Å². The highest BCUT2D eigenvalue weighted by atomic mass is 16.6. The molecule has 27 heavy (non-hydrogen) atoms. The first-order valence-corrected chi connectivity index (χ1v) is 8.61. The maximum atomic E-state index is 13.2. The van der Waals surface area contributed by atoms with Gasteiger partial charge in [0.25, 0.3) is 11.6 Å². The van der Waals surface area contributed by atoms with Gasteiger partial charge < -0.3 is 0 Å². The fraction of sp³-hybridized carbons (Fsp3) is 0.412. The average molecular weight is 370 g/mol. The van der Waals surface area contributed by atoms with Gasteiger partial charge >= 0.3 is 5.69 Å². The molecule has 1 aromatic carbocycles. The Bertz CT molecular complexity index is 968. The Kier molecular flexibility index (Phi) is 2.89. The number of non-ortho nitro benzene ring substituents is 1. The van der Waals surface area contributed by atoms with Crippen LogP contribution in [-0.2, 0) is 9.59 Å². The fourth-order valence-corrected chi connectivity index (χ4v) is 5.22. The number of fused-ring (bicyclic) bond motifs is 3. The Morgan fingerprint density at radius 3 is 2.30 bits per heavy atom. The van der Waals surface area contributed by atoms with Gasteiger partial charge in [-0.3, -0.25) is 35.2 Å². The summed E-state index contributed by atoms with van der Waals surface area (Å²) in [5.41, 5.74) is 1.24. The summed E-state index contributed by atoms with van der Waals surface area (Å²) in [7, 11) is 0. The number of carbonyl (C=O) groups is 2. The number of carbonyl (C=O) groups excluding carboxylic acids is 2. The van der Waals surface area contributed by atoms with E-state index in [-0.39, 0.29) is 28.8 Å². The molecule has 10 heteroatoms. The van der Waals surface area contributed by atoms with E-state index in [2.05, 4.69) is 5.43 Å². The van der Waals surface area contributed by atoms with Crippen molar-refractivity contribution in [1.29, 1.82) is 0 Å². The SMILES string of the molecule is O=C1NN(c2ccc([N+](=O)[O-])cc2[N+](=O)[O-])C(=O)[C@@H]2[C@H]1[C@@H]1C=C[C@@H]2C12CC2. The molecule has 0 radical (unpaired) electrons. The molecule has 3 fully saturated rings. The number of nitro groups is 2. The lowest BCUT2D eigenvalue weighted by atomic mass is 9.80. The maximum absolute atomic E-state index is 13.2. The van der Waals surface area contributed by atoms with Crippen LogP contribution in [0.1, 0.15) is 12.8 Å². The third kappa shape index (κ3) is 1.89. The predicted octanol–water partition coefficient (Wildman–Crippen LogP) is 1.71. The zero-order valence-corrected chi connectivity index (χ0v) is 13.9. The van der Waals surface area contributed by atoms with Gasteiger partial charge in [0.1, 0.15) is 5.69 Å². The van der Waals surface area contributed by atoms with E-state index in [1.807, 2.05) is 12.2 Å². The van der Waals surface area contributed by atoms with E-state index in [1.165, 1.54) is 0 Å². The molecule has 2 saturated carbocycles. The Morgan fingerprint density at radius 2 is 1.70 bits per heavy atom. The largest absolute Gasteiger partial charge is 0.301 e. The molecular weight excluding hydrogens is 356 g/mol. The van der Waals surface area contributed by atoms with Gasteiger partial charge in [-0.15, -0.1) is 0 Å². The Hall–Kier alpha value is -3.30. The van der Waals surface area contributed by atoms with E-state index < -0.39 is 39.0 Å². The molecule has 1 N–H and O–H groups in total. The standard InChI is InChI=1S/C17H14N4O6/c22-15-13-9-2-3-10(17(9)5-6-17)14(13)16(23)19(18-15)11-4-1-8(20(24)25)7-12(11)21(26)27/h1-4,7,9-10,13-14H,5-6H2,(H,18,22)/t9-,10-,13+,14-/m0/s1. The summed E-state index contributed by atoms with van der Waals surface area (Å²) in [5, 5.41) is 23.2. The van der Waals surface area contributed by atoms with Gasteiger partial charge in [-0.1, -0.05) is 12.2 Å². The second-order valence-corrected chi connectivity index (χ2v) is 7.56. The minimum Gasteiger partial charge on any atom is -0.273 e. The van der Waals surface area contributed by atoms with Crippen LogP contribution in [0.25, 0.3) is 0 Å². The lowest BCUT2D eigenvalue weighted by Gasteiger charge is -2.37. The fourth-order valence-electron chi connectivity index (χ4n) is 5.22. The molecule has 4 atom stereocenters. The third-order valence-electron chi connectivity index (χ3n) is 6.48. The molecule has 1 spiro atoms. The maximum Gasteiger partial charge on any atom is 0.301 e. The summed E-state index contributed by atoms with van der Waals surface area (Å²) >= 11 is 0. The number of nitrogens with zero attached hydrogens (tertiary/aromatic N) is 3. The number of hydrogen-bond acceptors (Lipinski definition) is 6. The molecule has 10 nitrogen and oxygen atoms in total. The summed E-state index contributed by atoms with van der Waals surface area (Å²) in [4.78, 5) is 46.7. The Labute approximate surface area is 152 Å². The lowest BCUT2D eigenvalue weighted by molar-refractivity contribution is -0.393. The van der Waals surface area contributed by atoms with E-state index in [4.69, 9.17) is 0 Å². The van der Waals surface area contributed by atoms with Crippen LogP contribution in [0.2, 0.25) is 0 Å². The lowest BCUT2D eigenvalue weighted by Crippen LogP contribution is -2.60. The van der Waals surface area contributed by atoms with Crippen molar-refractivity contribution >= 4 is 28.9 Å². The second kappa shape index (κ2) is 4.90. The highest BCUT2D eigenvalue weighted by Gasteiger charge is 2.71. The van der Waals surface area contributed by atoms with E-state index in [0.29, 0.717) is 0 Å². The summed E-state index contributed by atoms with van der Waals surface area (Å²) in [5.74, 6) is -1.75. The highest BCUT2D eigenvalue weighted by Crippen LogP contribution is 2.72. The number of rotatable bonds is 3. The molecule has 4 aliphatic rings. The van der Waals surface area contributed by atoms with Crippen LogP contribution >= 0.6 is 0 Å². The zero-order valence-electron chi connectivity index (χ0n) is 13.9. The molecule has 1 aromatic rings.